The first-order valence-corrected chi connectivity index (χ1v) is 10.6. The molecule has 0 spiro atoms. The van der Waals surface area contributed by atoms with E-state index in [9.17, 15) is 18.0 Å². The number of nitrogens with zero attached hydrogens (tertiary/aromatic N) is 1. The molecule has 1 heterocycles. The standard InChI is InChI=1S/C26H28F3NO2/c1-5-6-7-11-21(24(31)32-25(2,3)4)23-17-18-10-8-9-12-22(18)30(23)20-15-13-19(14-16-20)26(27,28)29/h5,8-10,12-17,21H,1,6-7,11H2,2-4H3/t21-/m1/s1. The van der Waals surface area contributed by atoms with Gasteiger partial charge in [-0.1, -0.05) is 24.3 Å². The van der Waals surface area contributed by atoms with Crippen LogP contribution in [0.4, 0.5) is 13.2 Å². The quantitative estimate of drug-likeness (QED) is 0.216. The molecule has 3 rings (SSSR count). The van der Waals surface area contributed by atoms with Gasteiger partial charge in [-0.3, -0.25) is 4.79 Å². The smallest absolute Gasteiger partial charge is 0.416 e. The SMILES string of the molecule is C=CCCC[C@@H](C(=O)OC(C)(C)C)c1cc2ccccc2n1-c1ccc(C(F)(F)F)cc1. The summed E-state index contributed by atoms with van der Waals surface area (Å²) in [6, 6.07) is 14.5. The van der Waals surface area contributed by atoms with Gasteiger partial charge in [-0.15, -0.1) is 6.58 Å². The van der Waals surface area contributed by atoms with Gasteiger partial charge < -0.3 is 9.30 Å². The molecule has 6 heteroatoms. The van der Waals surface area contributed by atoms with Crippen molar-refractivity contribution in [3.05, 3.63) is 78.5 Å². The van der Waals surface area contributed by atoms with E-state index < -0.39 is 23.3 Å². The summed E-state index contributed by atoms with van der Waals surface area (Å²) in [7, 11) is 0. The number of rotatable bonds is 7. The average Bonchev–Trinajstić information content (AvgIpc) is 3.08. The number of carbonyl (C=O) groups excluding carboxylic acids is 1. The number of para-hydroxylation sites is 1. The van der Waals surface area contributed by atoms with Crippen LogP contribution in [-0.2, 0) is 15.7 Å². The van der Waals surface area contributed by atoms with Crippen molar-refractivity contribution in [3.8, 4) is 5.69 Å². The lowest BCUT2D eigenvalue weighted by Gasteiger charge is -2.25. The molecular weight excluding hydrogens is 415 g/mol. The van der Waals surface area contributed by atoms with Crippen LogP contribution in [0.1, 0.15) is 57.2 Å². The summed E-state index contributed by atoms with van der Waals surface area (Å²) in [4.78, 5) is 13.2. The van der Waals surface area contributed by atoms with E-state index in [4.69, 9.17) is 4.74 Å². The Morgan fingerprint density at radius 2 is 1.75 bits per heavy atom. The number of ether oxygens (including phenoxy) is 1. The molecule has 0 aliphatic carbocycles. The molecule has 1 aromatic heterocycles. The highest BCUT2D eigenvalue weighted by atomic mass is 19.4. The summed E-state index contributed by atoms with van der Waals surface area (Å²) < 4.78 is 46.8. The van der Waals surface area contributed by atoms with Crippen molar-refractivity contribution in [2.24, 2.45) is 0 Å². The second kappa shape index (κ2) is 9.23. The molecule has 1 atom stereocenters. The van der Waals surface area contributed by atoms with Gasteiger partial charge in [-0.25, -0.2) is 0 Å². The second-order valence-corrected chi connectivity index (χ2v) is 8.81. The Bertz CT molecular complexity index is 1090. The molecule has 0 unspecified atom stereocenters. The topological polar surface area (TPSA) is 31.2 Å². The zero-order valence-electron chi connectivity index (χ0n) is 18.6. The largest absolute Gasteiger partial charge is 0.459 e. The van der Waals surface area contributed by atoms with E-state index in [1.165, 1.54) is 12.1 Å². The lowest BCUT2D eigenvalue weighted by Crippen LogP contribution is -2.28. The lowest BCUT2D eigenvalue weighted by atomic mass is 9.97. The van der Waals surface area contributed by atoms with E-state index in [1.807, 2.05) is 55.7 Å². The van der Waals surface area contributed by atoms with Crippen molar-refractivity contribution in [2.45, 2.75) is 57.7 Å². The number of allylic oxidation sites excluding steroid dienone is 1. The monoisotopic (exact) mass is 443 g/mol. The Morgan fingerprint density at radius 3 is 2.34 bits per heavy atom. The summed E-state index contributed by atoms with van der Waals surface area (Å²) in [5.74, 6) is -0.915. The van der Waals surface area contributed by atoms with Crippen LogP contribution in [0.3, 0.4) is 0 Å². The zero-order chi connectivity index (χ0) is 23.5. The van der Waals surface area contributed by atoms with E-state index in [0.717, 1.165) is 35.9 Å². The highest BCUT2D eigenvalue weighted by Crippen LogP contribution is 2.35. The minimum absolute atomic E-state index is 0.350. The van der Waals surface area contributed by atoms with E-state index >= 15 is 0 Å². The van der Waals surface area contributed by atoms with E-state index in [2.05, 4.69) is 6.58 Å². The van der Waals surface area contributed by atoms with Gasteiger partial charge >= 0.3 is 12.1 Å². The van der Waals surface area contributed by atoms with Gasteiger partial charge in [0.05, 0.1) is 17.0 Å². The molecule has 32 heavy (non-hydrogen) atoms. The van der Waals surface area contributed by atoms with Crippen molar-refractivity contribution < 1.29 is 22.7 Å². The lowest BCUT2D eigenvalue weighted by molar-refractivity contribution is -0.157. The third-order valence-corrected chi connectivity index (χ3v) is 5.14. The number of unbranched alkanes of at least 4 members (excludes halogenated alkanes) is 1. The van der Waals surface area contributed by atoms with Crippen LogP contribution in [0.25, 0.3) is 16.6 Å². The highest BCUT2D eigenvalue weighted by molar-refractivity contribution is 5.87. The van der Waals surface area contributed by atoms with E-state index in [0.29, 0.717) is 17.8 Å². The Balaban J connectivity index is 2.14. The molecule has 0 aliphatic heterocycles. The van der Waals surface area contributed by atoms with Crippen LogP contribution in [-0.4, -0.2) is 16.1 Å². The van der Waals surface area contributed by atoms with Gasteiger partial charge in [0.25, 0.3) is 0 Å². The fourth-order valence-corrected chi connectivity index (χ4v) is 3.75. The molecule has 0 saturated heterocycles. The Kier molecular flexibility index (Phi) is 6.82. The predicted octanol–water partition coefficient (Wildman–Crippen LogP) is 7.43. The molecule has 0 bridgehead atoms. The molecule has 0 fully saturated rings. The second-order valence-electron chi connectivity index (χ2n) is 8.81. The van der Waals surface area contributed by atoms with Crippen LogP contribution in [0, 0.1) is 0 Å². The molecule has 2 aromatic carbocycles. The van der Waals surface area contributed by atoms with E-state index in [1.54, 1.807) is 6.08 Å². The number of aromatic nitrogens is 1. The fraction of sp³-hybridized carbons (Fsp3) is 0.346. The van der Waals surface area contributed by atoms with Crippen molar-refractivity contribution >= 4 is 16.9 Å². The first-order valence-electron chi connectivity index (χ1n) is 10.6. The molecule has 3 nitrogen and oxygen atoms in total. The molecule has 0 saturated carbocycles. The third kappa shape index (κ3) is 5.42. The number of carbonyl (C=O) groups is 1. The van der Waals surface area contributed by atoms with Crippen LogP contribution in [0.15, 0.2) is 67.3 Å². The molecule has 170 valence electrons. The summed E-state index contributed by atoms with van der Waals surface area (Å²) in [6.07, 6.45) is -0.582. The first kappa shape index (κ1) is 23.6. The number of fused-ring (bicyclic) bond motifs is 1. The molecule has 0 aliphatic rings. The minimum Gasteiger partial charge on any atom is -0.459 e. The Morgan fingerprint density at radius 1 is 1.09 bits per heavy atom. The molecule has 3 aromatic rings. The maximum absolute atomic E-state index is 13.2. The number of hydrogen-bond donors (Lipinski definition) is 0. The van der Waals surface area contributed by atoms with Gasteiger partial charge in [0.1, 0.15) is 5.60 Å². The van der Waals surface area contributed by atoms with Crippen molar-refractivity contribution in [3.63, 3.8) is 0 Å². The maximum atomic E-state index is 13.2. The van der Waals surface area contributed by atoms with Gasteiger partial charge in [0, 0.05) is 16.8 Å². The maximum Gasteiger partial charge on any atom is 0.416 e. The van der Waals surface area contributed by atoms with E-state index in [-0.39, 0.29) is 5.97 Å². The van der Waals surface area contributed by atoms with Crippen LogP contribution >= 0.6 is 0 Å². The number of alkyl halides is 3. The third-order valence-electron chi connectivity index (χ3n) is 5.14. The number of halogens is 3. The summed E-state index contributed by atoms with van der Waals surface area (Å²) in [5.41, 5.74) is 0.711. The summed E-state index contributed by atoms with van der Waals surface area (Å²) >= 11 is 0. The van der Waals surface area contributed by atoms with Crippen molar-refractivity contribution in [1.29, 1.82) is 0 Å². The van der Waals surface area contributed by atoms with Gasteiger partial charge in [-0.05, 0) is 76.4 Å². The fourth-order valence-electron chi connectivity index (χ4n) is 3.75. The first-order chi connectivity index (χ1) is 15.0. The summed E-state index contributed by atoms with van der Waals surface area (Å²) in [5, 5.41) is 0.902. The van der Waals surface area contributed by atoms with Crippen LogP contribution in [0.5, 0.6) is 0 Å². The molecule has 0 N–H and O–H groups in total. The Labute approximate surface area is 186 Å². The Hall–Kier alpha value is -3.02. The highest BCUT2D eigenvalue weighted by Gasteiger charge is 2.32. The molecule has 0 amide bonds. The normalized spacial score (nSPS) is 13.2. The van der Waals surface area contributed by atoms with Crippen LogP contribution in [0.2, 0.25) is 0 Å². The van der Waals surface area contributed by atoms with Crippen LogP contribution < -0.4 is 0 Å². The molecule has 0 radical (unpaired) electrons. The van der Waals surface area contributed by atoms with Gasteiger partial charge in [0.15, 0.2) is 0 Å². The average molecular weight is 444 g/mol. The summed E-state index contributed by atoms with van der Waals surface area (Å²) in [6.45, 7) is 9.20. The number of hydrogen-bond acceptors (Lipinski definition) is 2. The molecular formula is C26H28F3NO2. The van der Waals surface area contributed by atoms with Gasteiger partial charge in [0.2, 0.25) is 0 Å². The predicted molar refractivity (Wildman–Crippen MR) is 121 cm³/mol. The van der Waals surface area contributed by atoms with Crippen molar-refractivity contribution in [2.75, 3.05) is 0 Å². The number of esters is 1. The minimum atomic E-state index is -4.41. The zero-order valence-corrected chi connectivity index (χ0v) is 18.6. The van der Waals surface area contributed by atoms with Gasteiger partial charge in [-0.2, -0.15) is 13.2 Å². The van der Waals surface area contributed by atoms with Crippen molar-refractivity contribution in [1.82, 2.24) is 4.57 Å². The number of benzene rings is 2.